The molecule has 0 bridgehead atoms. The molecular formula is C10H16F3N3O2. The van der Waals surface area contributed by atoms with E-state index >= 15 is 0 Å². The molecule has 104 valence electrons. The number of hydrogen-bond acceptors (Lipinski definition) is 3. The number of carbonyl (C=O) groups is 2. The Bertz CT molecular complexity index is 355. The molecule has 0 aromatic rings. The minimum atomic E-state index is -4.87. The lowest BCUT2D eigenvalue weighted by Crippen LogP contribution is -2.65. The van der Waals surface area contributed by atoms with Crippen LogP contribution in [0.3, 0.4) is 0 Å². The fourth-order valence-corrected chi connectivity index (χ4v) is 1.89. The molecule has 1 saturated heterocycles. The Morgan fingerprint density at radius 1 is 1.28 bits per heavy atom. The number of rotatable bonds is 2. The Morgan fingerprint density at radius 3 is 2.28 bits per heavy atom. The summed E-state index contributed by atoms with van der Waals surface area (Å²) in [5, 5.41) is 0. The average Bonchev–Trinajstić information content (AvgIpc) is 2.26. The fraction of sp³-hybridized carbons (Fsp3) is 0.800. The van der Waals surface area contributed by atoms with Gasteiger partial charge in [-0.15, -0.1) is 0 Å². The quantitative estimate of drug-likeness (QED) is 0.745. The zero-order valence-corrected chi connectivity index (χ0v) is 9.96. The Morgan fingerprint density at radius 2 is 1.83 bits per heavy atom. The molecule has 8 heteroatoms. The summed E-state index contributed by atoms with van der Waals surface area (Å²) < 4.78 is 38.0. The van der Waals surface area contributed by atoms with Crippen molar-refractivity contribution in [2.45, 2.75) is 43.9 Å². The molecule has 0 aromatic carbocycles. The maximum atomic E-state index is 12.7. The van der Waals surface area contributed by atoms with E-state index in [0.717, 1.165) is 4.90 Å². The molecule has 1 aliphatic rings. The lowest BCUT2D eigenvalue weighted by atomic mass is 9.95. The summed E-state index contributed by atoms with van der Waals surface area (Å²) in [5.41, 5.74) is 7.15. The van der Waals surface area contributed by atoms with E-state index in [0.29, 0.717) is 19.8 Å². The second-order valence-corrected chi connectivity index (χ2v) is 4.61. The summed E-state index contributed by atoms with van der Waals surface area (Å²) in [6, 6.07) is -1.00. The van der Waals surface area contributed by atoms with E-state index in [4.69, 9.17) is 11.5 Å². The van der Waals surface area contributed by atoms with Crippen LogP contribution in [-0.4, -0.2) is 41.0 Å². The van der Waals surface area contributed by atoms with E-state index in [1.54, 1.807) is 0 Å². The topological polar surface area (TPSA) is 89.4 Å². The van der Waals surface area contributed by atoms with E-state index in [1.165, 1.54) is 0 Å². The van der Waals surface area contributed by atoms with E-state index < -0.39 is 29.6 Å². The van der Waals surface area contributed by atoms with Gasteiger partial charge in [0, 0.05) is 6.54 Å². The number of hydrogen-bond donors (Lipinski definition) is 2. The molecule has 2 amide bonds. The number of piperidine rings is 1. The highest BCUT2D eigenvalue weighted by atomic mass is 19.4. The molecule has 2 unspecified atom stereocenters. The number of amides is 2. The van der Waals surface area contributed by atoms with Gasteiger partial charge in [-0.2, -0.15) is 13.2 Å². The lowest BCUT2D eigenvalue weighted by Gasteiger charge is -2.39. The van der Waals surface area contributed by atoms with Crippen LogP contribution < -0.4 is 11.5 Å². The molecule has 1 heterocycles. The average molecular weight is 267 g/mol. The maximum Gasteiger partial charge on any atom is 0.415 e. The first-order valence-corrected chi connectivity index (χ1v) is 5.55. The van der Waals surface area contributed by atoms with Crippen molar-refractivity contribution in [2.24, 2.45) is 11.5 Å². The molecule has 1 aliphatic heterocycles. The first kappa shape index (κ1) is 14.7. The number of nitrogens with zero attached hydrogens (tertiary/aromatic N) is 1. The van der Waals surface area contributed by atoms with Gasteiger partial charge in [-0.05, 0) is 26.2 Å². The van der Waals surface area contributed by atoms with Gasteiger partial charge < -0.3 is 16.4 Å². The minimum absolute atomic E-state index is 0.0648. The fourth-order valence-electron chi connectivity index (χ4n) is 1.89. The van der Waals surface area contributed by atoms with Crippen LogP contribution in [0.5, 0.6) is 0 Å². The molecular weight excluding hydrogens is 251 g/mol. The number of likely N-dealkylation sites (tertiary alicyclic amines) is 1. The van der Waals surface area contributed by atoms with Crippen molar-refractivity contribution in [1.29, 1.82) is 0 Å². The van der Waals surface area contributed by atoms with Crippen molar-refractivity contribution < 1.29 is 22.8 Å². The second kappa shape index (κ2) is 4.75. The highest BCUT2D eigenvalue weighted by Gasteiger charge is 2.56. The van der Waals surface area contributed by atoms with Crippen LogP contribution in [0.2, 0.25) is 0 Å². The third-order valence-electron chi connectivity index (χ3n) is 3.13. The molecule has 5 nitrogen and oxygen atoms in total. The van der Waals surface area contributed by atoms with Crippen LogP contribution in [0.1, 0.15) is 26.2 Å². The van der Waals surface area contributed by atoms with Crippen LogP contribution >= 0.6 is 0 Å². The zero-order valence-electron chi connectivity index (χ0n) is 9.96. The Balaban J connectivity index is 2.97. The predicted octanol–water partition coefficient (Wildman–Crippen LogP) is 0.132. The molecule has 1 rings (SSSR count). The first-order chi connectivity index (χ1) is 8.09. The largest absolute Gasteiger partial charge is 0.415 e. The monoisotopic (exact) mass is 267 g/mol. The summed E-state index contributed by atoms with van der Waals surface area (Å²) in [5.74, 6) is -2.11. The normalized spacial score (nSPS) is 24.5. The van der Waals surface area contributed by atoms with E-state index in [9.17, 15) is 22.8 Å². The van der Waals surface area contributed by atoms with E-state index in [-0.39, 0.29) is 13.0 Å². The summed E-state index contributed by atoms with van der Waals surface area (Å²) in [7, 11) is 0. The van der Waals surface area contributed by atoms with Gasteiger partial charge in [0.05, 0.1) is 0 Å². The lowest BCUT2D eigenvalue weighted by molar-refractivity contribution is -0.196. The molecule has 0 aliphatic carbocycles. The highest BCUT2D eigenvalue weighted by molar-refractivity contribution is 5.92. The third kappa shape index (κ3) is 2.58. The van der Waals surface area contributed by atoms with Crippen LogP contribution in [-0.2, 0) is 9.59 Å². The van der Waals surface area contributed by atoms with E-state index in [2.05, 4.69) is 0 Å². The standard InChI is InChI=1S/C10H16F3N3O2/c1-9(15,10(11,12)13)8(18)16-5-3-2-4-6(16)7(14)17/h6H,2-5,15H2,1H3,(H2,14,17). The van der Waals surface area contributed by atoms with Gasteiger partial charge in [-0.25, -0.2) is 0 Å². The SMILES string of the molecule is CC(N)(C(=O)N1CCCCC1C(N)=O)C(F)(F)F. The first-order valence-electron chi connectivity index (χ1n) is 5.55. The van der Waals surface area contributed by atoms with Crippen LogP contribution in [0, 0.1) is 0 Å². The van der Waals surface area contributed by atoms with Crippen LogP contribution in [0.4, 0.5) is 13.2 Å². The minimum Gasteiger partial charge on any atom is -0.368 e. The second-order valence-electron chi connectivity index (χ2n) is 4.61. The van der Waals surface area contributed by atoms with Crippen molar-refractivity contribution in [2.75, 3.05) is 6.54 Å². The van der Waals surface area contributed by atoms with Gasteiger partial charge in [0.25, 0.3) is 5.91 Å². The summed E-state index contributed by atoms with van der Waals surface area (Å²) in [6.45, 7) is 0.664. The number of nitrogens with two attached hydrogens (primary N) is 2. The third-order valence-corrected chi connectivity index (χ3v) is 3.13. The Hall–Kier alpha value is -1.31. The molecule has 2 atom stereocenters. The Labute approximate surface area is 102 Å². The van der Waals surface area contributed by atoms with Crippen LogP contribution in [0.15, 0.2) is 0 Å². The molecule has 0 radical (unpaired) electrons. The number of primary amides is 1. The summed E-state index contributed by atoms with van der Waals surface area (Å²) in [6.07, 6.45) is -3.42. The van der Waals surface area contributed by atoms with Gasteiger partial charge in [0.2, 0.25) is 5.91 Å². The van der Waals surface area contributed by atoms with Gasteiger partial charge in [-0.3, -0.25) is 9.59 Å². The van der Waals surface area contributed by atoms with Gasteiger partial charge in [0.1, 0.15) is 6.04 Å². The number of halogens is 3. The summed E-state index contributed by atoms with van der Waals surface area (Å²) >= 11 is 0. The van der Waals surface area contributed by atoms with Gasteiger partial charge in [-0.1, -0.05) is 0 Å². The molecule has 0 aromatic heterocycles. The van der Waals surface area contributed by atoms with Crippen molar-refractivity contribution >= 4 is 11.8 Å². The number of alkyl halides is 3. The van der Waals surface area contributed by atoms with Crippen molar-refractivity contribution in [3.05, 3.63) is 0 Å². The number of carbonyl (C=O) groups excluding carboxylic acids is 2. The molecule has 4 N–H and O–H groups in total. The predicted molar refractivity (Wildman–Crippen MR) is 57.2 cm³/mol. The van der Waals surface area contributed by atoms with Crippen LogP contribution in [0.25, 0.3) is 0 Å². The maximum absolute atomic E-state index is 12.7. The van der Waals surface area contributed by atoms with Gasteiger partial charge >= 0.3 is 6.18 Å². The van der Waals surface area contributed by atoms with Gasteiger partial charge in [0.15, 0.2) is 5.54 Å². The molecule has 0 spiro atoms. The smallest absolute Gasteiger partial charge is 0.368 e. The zero-order chi connectivity index (χ0) is 14.1. The highest BCUT2D eigenvalue weighted by Crippen LogP contribution is 2.31. The van der Waals surface area contributed by atoms with Crippen molar-refractivity contribution in [3.8, 4) is 0 Å². The summed E-state index contributed by atoms with van der Waals surface area (Å²) in [4.78, 5) is 23.9. The molecule has 1 fully saturated rings. The van der Waals surface area contributed by atoms with Crippen molar-refractivity contribution in [1.82, 2.24) is 4.90 Å². The van der Waals surface area contributed by atoms with Crippen molar-refractivity contribution in [3.63, 3.8) is 0 Å². The molecule has 18 heavy (non-hydrogen) atoms. The molecule has 0 saturated carbocycles. The van der Waals surface area contributed by atoms with E-state index in [1.807, 2.05) is 0 Å². The Kier molecular flexibility index (Phi) is 3.89.